The fourth-order valence-electron chi connectivity index (χ4n) is 5.99. The number of nitrogen functional groups attached to an aromatic ring is 1. The first kappa shape index (κ1) is 48.8. The maximum Gasteiger partial charge on any atom is 0.255 e. The highest BCUT2D eigenvalue weighted by molar-refractivity contribution is 7.98. The number of amides is 2. The molecule has 0 bridgehead atoms. The van der Waals surface area contributed by atoms with Gasteiger partial charge in [0.05, 0.1) is 0 Å². The number of nitrogens with two attached hydrogens (primary N) is 2. The Labute approximate surface area is 320 Å². The third-order valence-corrected chi connectivity index (χ3v) is 10.3. The number of pyridine rings is 1. The van der Waals surface area contributed by atoms with Crippen LogP contribution in [0.2, 0.25) is 0 Å². The molecule has 0 aliphatic heterocycles. The first-order valence-corrected chi connectivity index (χ1v) is 20.5. The molecule has 0 saturated heterocycles. The number of anilines is 1. The normalized spacial score (nSPS) is 12.5. The highest BCUT2D eigenvalue weighted by Crippen LogP contribution is 2.34. The number of aromatic amines is 1. The smallest absolute Gasteiger partial charge is 0.255 e. The topological polar surface area (TPSA) is 155 Å². The van der Waals surface area contributed by atoms with Crippen LogP contribution in [0, 0.1) is 11.3 Å². The van der Waals surface area contributed by atoms with Gasteiger partial charge < -0.3 is 31.8 Å². The monoisotopic (exact) mass is 743 g/mol. The van der Waals surface area contributed by atoms with E-state index in [1.807, 2.05) is 37.2 Å². The summed E-state index contributed by atoms with van der Waals surface area (Å²) in [5, 5.41) is 8.14. The Balaban J connectivity index is 0.000000812. The average molecular weight is 743 g/mol. The van der Waals surface area contributed by atoms with Gasteiger partial charge in [-0.25, -0.2) is 0 Å². The minimum Gasteiger partial charge on any atom is -0.398 e. The fraction of sp³-hybridized carbons (Fsp3) is 0.643. The number of primary amides is 1. The molecule has 1 aliphatic carbocycles. The molecule has 10 heteroatoms. The summed E-state index contributed by atoms with van der Waals surface area (Å²) in [5.41, 5.74) is 13.8. The van der Waals surface area contributed by atoms with Gasteiger partial charge in [-0.1, -0.05) is 91.7 Å². The van der Waals surface area contributed by atoms with Crippen molar-refractivity contribution in [1.29, 1.82) is 0 Å². The van der Waals surface area contributed by atoms with Crippen molar-refractivity contribution in [1.82, 2.24) is 20.3 Å². The summed E-state index contributed by atoms with van der Waals surface area (Å²) in [5.74, 6) is 0.675. The molecule has 2 amide bonds. The zero-order valence-electron chi connectivity index (χ0n) is 33.3. The molecular formula is C42H74N6O3S. The number of unbranched alkanes of at least 4 members (excludes halogenated alkanes) is 6. The van der Waals surface area contributed by atoms with Crippen LogP contribution >= 0.6 is 11.9 Å². The maximum atomic E-state index is 11.9. The van der Waals surface area contributed by atoms with Gasteiger partial charge in [0.25, 0.3) is 5.56 Å². The third kappa shape index (κ3) is 24.9. The van der Waals surface area contributed by atoms with Crippen molar-refractivity contribution < 1.29 is 9.59 Å². The van der Waals surface area contributed by atoms with E-state index in [2.05, 4.69) is 66.9 Å². The molecule has 8 N–H and O–H groups in total. The summed E-state index contributed by atoms with van der Waals surface area (Å²) < 4.78 is 3.55. The van der Waals surface area contributed by atoms with Gasteiger partial charge in [0.2, 0.25) is 12.8 Å². The molecule has 1 aliphatic rings. The number of aromatic nitrogens is 1. The Morgan fingerprint density at radius 3 is 2.25 bits per heavy atom. The summed E-state index contributed by atoms with van der Waals surface area (Å²) in [4.78, 5) is 32.6. The van der Waals surface area contributed by atoms with E-state index in [0.717, 1.165) is 46.7 Å². The molecule has 2 aromatic rings. The van der Waals surface area contributed by atoms with Crippen LogP contribution in [0.15, 0.2) is 54.1 Å². The van der Waals surface area contributed by atoms with Crippen LogP contribution < -0.4 is 32.4 Å². The van der Waals surface area contributed by atoms with Crippen LogP contribution in [0.1, 0.15) is 136 Å². The van der Waals surface area contributed by atoms with Gasteiger partial charge in [0.15, 0.2) is 0 Å². The summed E-state index contributed by atoms with van der Waals surface area (Å²) in [6, 6.07) is 5.76. The lowest BCUT2D eigenvalue weighted by Gasteiger charge is -2.23. The van der Waals surface area contributed by atoms with E-state index in [1.54, 1.807) is 12.3 Å². The summed E-state index contributed by atoms with van der Waals surface area (Å²) >= 11 is 1.91. The lowest BCUT2D eigenvalue weighted by Crippen LogP contribution is -2.15. The second-order valence-corrected chi connectivity index (χ2v) is 15.6. The number of nitrogens with one attached hydrogen (secondary N) is 4. The molecule has 3 rings (SSSR count). The number of rotatable bonds is 25. The highest BCUT2D eigenvalue weighted by Gasteiger charge is 2.23. The number of benzene rings is 1. The first-order valence-electron chi connectivity index (χ1n) is 19.6. The SMILES string of the molecule is C=C(NSC1CC1)C(CCCCCCCC)CCCCNC.C=CCNC=O.CCCC(C)(C)CCCc1cc2c(=O)[nH]ccc2cc1N.NC=O. The van der Waals surface area contributed by atoms with E-state index in [4.69, 9.17) is 10.5 Å². The lowest BCUT2D eigenvalue weighted by atomic mass is 9.82. The number of carbonyl (C=O) groups is 2. The van der Waals surface area contributed by atoms with Gasteiger partial charge >= 0.3 is 0 Å². The van der Waals surface area contributed by atoms with Gasteiger partial charge in [-0.15, -0.1) is 6.58 Å². The maximum absolute atomic E-state index is 11.9. The summed E-state index contributed by atoms with van der Waals surface area (Å²) in [6.07, 6.45) is 26.2. The van der Waals surface area contributed by atoms with E-state index >= 15 is 0 Å². The van der Waals surface area contributed by atoms with Crippen molar-refractivity contribution in [3.8, 4) is 0 Å². The molecule has 0 spiro atoms. The molecule has 1 aromatic heterocycles. The first-order chi connectivity index (χ1) is 25.0. The molecule has 1 heterocycles. The Kier molecular flexibility index (Phi) is 29.4. The van der Waals surface area contributed by atoms with Crippen molar-refractivity contribution in [3.05, 3.63) is 65.2 Å². The molecule has 1 aromatic carbocycles. The number of hydrogen-bond donors (Lipinski definition) is 6. The minimum atomic E-state index is -0.0416. The predicted molar refractivity (Wildman–Crippen MR) is 227 cm³/mol. The van der Waals surface area contributed by atoms with Crippen molar-refractivity contribution in [2.24, 2.45) is 17.1 Å². The molecule has 52 heavy (non-hydrogen) atoms. The van der Waals surface area contributed by atoms with Gasteiger partial charge in [-0.3, -0.25) is 14.4 Å². The summed E-state index contributed by atoms with van der Waals surface area (Å²) in [7, 11) is 2.04. The molecule has 1 saturated carbocycles. The number of allylic oxidation sites excluding steroid dienone is 1. The second kappa shape index (κ2) is 31.3. The number of aryl methyl sites for hydroxylation is 1. The zero-order chi connectivity index (χ0) is 39.0. The second-order valence-electron chi connectivity index (χ2n) is 14.5. The predicted octanol–water partition coefficient (Wildman–Crippen LogP) is 8.94. The number of carbonyl (C=O) groups excluding carboxylic acids is 2. The fourth-order valence-corrected chi connectivity index (χ4v) is 6.85. The Morgan fingerprint density at radius 1 is 1.02 bits per heavy atom. The van der Waals surface area contributed by atoms with Crippen molar-refractivity contribution >= 4 is 41.2 Å². The van der Waals surface area contributed by atoms with Crippen molar-refractivity contribution in [2.45, 2.75) is 142 Å². The van der Waals surface area contributed by atoms with E-state index in [0.29, 0.717) is 24.3 Å². The molecular weight excluding hydrogens is 669 g/mol. The van der Waals surface area contributed by atoms with E-state index in [-0.39, 0.29) is 12.0 Å². The average Bonchev–Trinajstić information content (AvgIpc) is 3.95. The van der Waals surface area contributed by atoms with Crippen molar-refractivity contribution in [2.75, 3.05) is 25.9 Å². The van der Waals surface area contributed by atoms with Crippen LogP contribution in [0.25, 0.3) is 10.8 Å². The quantitative estimate of drug-likeness (QED) is 0.0195. The minimum absolute atomic E-state index is 0.0416. The van der Waals surface area contributed by atoms with Crippen LogP contribution in [0.3, 0.4) is 0 Å². The van der Waals surface area contributed by atoms with Crippen LogP contribution in [-0.4, -0.2) is 43.2 Å². The Hall–Kier alpha value is -3.24. The Morgan fingerprint density at radius 2 is 1.67 bits per heavy atom. The molecule has 1 fully saturated rings. The number of fused-ring (bicyclic) bond motifs is 1. The molecule has 0 radical (unpaired) electrons. The van der Waals surface area contributed by atoms with Crippen LogP contribution in [0.5, 0.6) is 0 Å². The third-order valence-electron chi connectivity index (χ3n) is 9.11. The van der Waals surface area contributed by atoms with Crippen LogP contribution in [0.4, 0.5) is 5.69 Å². The Bertz CT molecular complexity index is 1290. The summed E-state index contributed by atoms with van der Waals surface area (Å²) in [6.45, 7) is 18.6. The van der Waals surface area contributed by atoms with Gasteiger partial charge in [0.1, 0.15) is 0 Å². The van der Waals surface area contributed by atoms with Crippen molar-refractivity contribution in [3.63, 3.8) is 0 Å². The van der Waals surface area contributed by atoms with Gasteiger partial charge in [-0.05, 0) is 124 Å². The van der Waals surface area contributed by atoms with E-state index in [9.17, 15) is 9.59 Å². The standard InChI is InChI=1S/C19H38N2S.C18H26N2O.C4H7NO.CH3NO/c1-4-5-6-7-8-9-12-18(13-10-11-16-20-3)17(2)21-22-19-14-15-19;1-4-8-18(2,3)9-5-6-14-11-15-13(12-16(14)19)7-10-20-17(15)21;1-2-3-5-4-6;2-1-3/h18-21H,2,4-16H2,1,3H3;7,10-12H,4-6,8-9,19H2,1-3H3,(H,20,21);2,4H,1,3H2,(H,5,6);1H,(H2,2,3). The zero-order valence-corrected chi connectivity index (χ0v) is 34.1. The van der Waals surface area contributed by atoms with Crippen LogP contribution in [-0.2, 0) is 16.0 Å². The van der Waals surface area contributed by atoms with E-state index in [1.165, 1.54) is 102 Å². The van der Waals surface area contributed by atoms with Gasteiger partial charge in [-0.2, -0.15) is 0 Å². The highest BCUT2D eigenvalue weighted by atomic mass is 32.2. The molecule has 9 nitrogen and oxygen atoms in total. The number of H-pyrrole nitrogens is 1. The van der Waals surface area contributed by atoms with Gasteiger partial charge in [0, 0.05) is 34.8 Å². The number of hydrogen-bond acceptors (Lipinski definition) is 7. The van der Waals surface area contributed by atoms with E-state index < -0.39 is 0 Å². The molecule has 296 valence electrons. The molecule has 1 atom stereocenters. The largest absolute Gasteiger partial charge is 0.398 e. The lowest BCUT2D eigenvalue weighted by molar-refractivity contribution is -0.109. The molecule has 1 unspecified atom stereocenters.